The monoisotopic (exact) mass is 280 g/mol. The standard InChI is InChI=1S/C17H16N2O2/c1-12-4-3-5-14(10-12)19-11-16(18-17(19)20)13-6-8-15(21-2)9-7-13/h3-11H,1-2H3,(H,18,20). The maximum Gasteiger partial charge on any atom is 0.330 e. The molecule has 0 saturated heterocycles. The molecule has 1 heterocycles. The van der Waals surface area contributed by atoms with E-state index in [9.17, 15) is 4.79 Å². The Kier molecular flexibility index (Phi) is 3.36. The lowest BCUT2D eigenvalue weighted by atomic mass is 10.1. The van der Waals surface area contributed by atoms with Crippen molar-refractivity contribution in [3.63, 3.8) is 0 Å². The number of aromatic nitrogens is 2. The van der Waals surface area contributed by atoms with Gasteiger partial charge in [-0.15, -0.1) is 0 Å². The first-order valence-corrected chi connectivity index (χ1v) is 6.70. The van der Waals surface area contributed by atoms with Crippen LogP contribution in [0.1, 0.15) is 5.56 Å². The largest absolute Gasteiger partial charge is 0.497 e. The second-order valence-electron chi connectivity index (χ2n) is 4.91. The van der Waals surface area contributed by atoms with Crippen LogP contribution in [0.5, 0.6) is 5.75 Å². The average Bonchev–Trinajstić information content (AvgIpc) is 2.89. The topological polar surface area (TPSA) is 47.0 Å². The molecule has 1 N–H and O–H groups in total. The van der Waals surface area contributed by atoms with E-state index in [4.69, 9.17) is 4.74 Å². The predicted octanol–water partition coefficient (Wildman–Crippen LogP) is 3.15. The minimum Gasteiger partial charge on any atom is -0.497 e. The van der Waals surface area contributed by atoms with Crippen LogP contribution in [-0.2, 0) is 0 Å². The van der Waals surface area contributed by atoms with Gasteiger partial charge in [-0.3, -0.25) is 4.57 Å². The SMILES string of the molecule is COc1ccc(-c2cn(-c3cccc(C)c3)c(=O)[nH]2)cc1. The van der Waals surface area contributed by atoms with Gasteiger partial charge < -0.3 is 9.72 Å². The van der Waals surface area contributed by atoms with Crippen molar-refractivity contribution in [1.29, 1.82) is 0 Å². The Morgan fingerprint density at radius 1 is 1.10 bits per heavy atom. The van der Waals surface area contributed by atoms with E-state index in [-0.39, 0.29) is 5.69 Å². The second-order valence-corrected chi connectivity index (χ2v) is 4.91. The van der Waals surface area contributed by atoms with Crippen LogP contribution < -0.4 is 10.4 Å². The predicted molar refractivity (Wildman–Crippen MR) is 83.1 cm³/mol. The van der Waals surface area contributed by atoms with Gasteiger partial charge in [-0.25, -0.2) is 4.79 Å². The molecule has 0 fully saturated rings. The Labute approximate surface area is 122 Å². The number of aryl methyl sites for hydroxylation is 1. The molecule has 4 nitrogen and oxygen atoms in total. The Bertz CT molecular complexity index is 813. The van der Waals surface area contributed by atoms with E-state index in [0.29, 0.717) is 0 Å². The zero-order chi connectivity index (χ0) is 14.8. The van der Waals surface area contributed by atoms with Gasteiger partial charge in [0.15, 0.2) is 0 Å². The van der Waals surface area contributed by atoms with E-state index in [2.05, 4.69) is 4.98 Å². The van der Waals surface area contributed by atoms with Crippen LogP contribution in [0.15, 0.2) is 59.5 Å². The third-order valence-electron chi connectivity index (χ3n) is 3.40. The van der Waals surface area contributed by atoms with E-state index in [1.165, 1.54) is 0 Å². The van der Waals surface area contributed by atoms with Crippen molar-refractivity contribution in [2.45, 2.75) is 6.92 Å². The van der Waals surface area contributed by atoms with Gasteiger partial charge in [0.1, 0.15) is 5.75 Å². The Balaban J connectivity index is 2.03. The number of benzene rings is 2. The number of methoxy groups -OCH3 is 1. The van der Waals surface area contributed by atoms with E-state index in [1.807, 2.05) is 61.7 Å². The summed E-state index contributed by atoms with van der Waals surface area (Å²) in [5, 5.41) is 0. The van der Waals surface area contributed by atoms with Crippen molar-refractivity contribution in [2.75, 3.05) is 7.11 Å². The molecule has 3 aromatic rings. The summed E-state index contributed by atoms with van der Waals surface area (Å²) >= 11 is 0. The Morgan fingerprint density at radius 2 is 1.86 bits per heavy atom. The molecule has 0 aliphatic heterocycles. The molecule has 3 rings (SSSR count). The lowest BCUT2D eigenvalue weighted by Gasteiger charge is -2.02. The van der Waals surface area contributed by atoms with Crippen LogP contribution in [0.25, 0.3) is 16.9 Å². The second kappa shape index (κ2) is 5.32. The van der Waals surface area contributed by atoms with E-state index < -0.39 is 0 Å². The van der Waals surface area contributed by atoms with Crippen molar-refractivity contribution in [1.82, 2.24) is 9.55 Å². The molecule has 0 aliphatic carbocycles. The molecule has 21 heavy (non-hydrogen) atoms. The number of aromatic amines is 1. The molecule has 0 aliphatic rings. The molecular weight excluding hydrogens is 264 g/mol. The molecule has 0 saturated carbocycles. The molecule has 1 aromatic heterocycles. The van der Waals surface area contributed by atoms with Crippen molar-refractivity contribution < 1.29 is 4.74 Å². The van der Waals surface area contributed by atoms with Gasteiger partial charge in [0.05, 0.1) is 18.5 Å². The lowest BCUT2D eigenvalue weighted by Crippen LogP contribution is -2.13. The van der Waals surface area contributed by atoms with E-state index >= 15 is 0 Å². The molecule has 0 unspecified atom stereocenters. The van der Waals surface area contributed by atoms with Crippen LogP contribution in [0, 0.1) is 6.92 Å². The van der Waals surface area contributed by atoms with Gasteiger partial charge in [0, 0.05) is 6.20 Å². The summed E-state index contributed by atoms with van der Waals surface area (Å²) in [4.78, 5) is 15.0. The highest BCUT2D eigenvalue weighted by molar-refractivity contribution is 5.60. The molecule has 4 heteroatoms. The van der Waals surface area contributed by atoms with Crippen LogP contribution in [0.4, 0.5) is 0 Å². The number of imidazole rings is 1. The van der Waals surface area contributed by atoms with Gasteiger partial charge in [-0.1, -0.05) is 12.1 Å². The highest BCUT2D eigenvalue weighted by atomic mass is 16.5. The quantitative estimate of drug-likeness (QED) is 0.801. The number of hydrogen-bond acceptors (Lipinski definition) is 2. The minimum atomic E-state index is -0.147. The number of hydrogen-bond donors (Lipinski definition) is 1. The third kappa shape index (κ3) is 2.60. The number of H-pyrrole nitrogens is 1. The first-order valence-electron chi connectivity index (χ1n) is 6.70. The molecule has 0 bridgehead atoms. The number of nitrogens with one attached hydrogen (secondary N) is 1. The third-order valence-corrected chi connectivity index (χ3v) is 3.40. The van der Waals surface area contributed by atoms with Gasteiger partial charge in [-0.05, 0) is 54.4 Å². The van der Waals surface area contributed by atoms with Crippen LogP contribution in [0.3, 0.4) is 0 Å². The molecule has 0 spiro atoms. The average molecular weight is 280 g/mol. The summed E-state index contributed by atoms with van der Waals surface area (Å²) in [6.07, 6.45) is 1.82. The van der Waals surface area contributed by atoms with E-state index in [1.54, 1.807) is 11.7 Å². The smallest absolute Gasteiger partial charge is 0.330 e. The van der Waals surface area contributed by atoms with Gasteiger partial charge in [0.25, 0.3) is 0 Å². The molecule has 0 amide bonds. The van der Waals surface area contributed by atoms with Crippen LogP contribution in [-0.4, -0.2) is 16.7 Å². The van der Waals surface area contributed by atoms with Crippen molar-refractivity contribution in [2.24, 2.45) is 0 Å². The Morgan fingerprint density at radius 3 is 2.52 bits per heavy atom. The fourth-order valence-electron chi connectivity index (χ4n) is 2.28. The highest BCUT2D eigenvalue weighted by Crippen LogP contribution is 2.20. The normalized spacial score (nSPS) is 10.6. The first-order chi connectivity index (χ1) is 10.2. The number of rotatable bonds is 3. The van der Waals surface area contributed by atoms with Gasteiger partial charge in [0.2, 0.25) is 0 Å². The van der Waals surface area contributed by atoms with E-state index in [0.717, 1.165) is 28.3 Å². The number of nitrogens with zero attached hydrogens (tertiary/aromatic N) is 1. The summed E-state index contributed by atoms with van der Waals surface area (Å²) < 4.78 is 6.76. The number of ether oxygens (including phenoxy) is 1. The highest BCUT2D eigenvalue weighted by Gasteiger charge is 2.07. The first kappa shape index (κ1) is 13.2. The summed E-state index contributed by atoms with van der Waals surface area (Å²) in [7, 11) is 1.63. The maximum atomic E-state index is 12.1. The zero-order valence-electron chi connectivity index (χ0n) is 12.0. The van der Waals surface area contributed by atoms with Gasteiger partial charge >= 0.3 is 5.69 Å². The summed E-state index contributed by atoms with van der Waals surface area (Å²) in [6, 6.07) is 15.4. The van der Waals surface area contributed by atoms with Crippen LogP contribution in [0.2, 0.25) is 0 Å². The maximum absolute atomic E-state index is 12.1. The fourth-order valence-corrected chi connectivity index (χ4v) is 2.28. The summed E-state index contributed by atoms with van der Waals surface area (Å²) in [6.45, 7) is 2.01. The minimum absolute atomic E-state index is 0.147. The molecule has 2 aromatic carbocycles. The molecule has 0 atom stereocenters. The van der Waals surface area contributed by atoms with Gasteiger partial charge in [-0.2, -0.15) is 0 Å². The molecule has 106 valence electrons. The Hall–Kier alpha value is -2.75. The van der Waals surface area contributed by atoms with Crippen molar-refractivity contribution >= 4 is 0 Å². The van der Waals surface area contributed by atoms with Crippen molar-refractivity contribution in [3.05, 3.63) is 70.8 Å². The summed E-state index contributed by atoms with van der Waals surface area (Å²) in [5.74, 6) is 0.791. The van der Waals surface area contributed by atoms with Crippen molar-refractivity contribution in [3.8, 4) is 22.7 Å². The zero-order valence-corrected chi connectivity index (χ0v) is 12.0. The summed E-state index contributed by atoms with van der Waals surface area (Å²) in [5.41, 5.74) is 3.55. The lowest BCUT2D eigenvalue weighted by molar-refractivity contribution is 0.415. The van der Waals surface area contributed by atoms with Crippen LogP contribution >= 0.6 is 0 Å². The fraction of sp³-hybridized carbons (Fsp3) is 0.118. The molecular formula is C17H16N2O2. The molecule has 0 radical (unpaired) electrons.